The van der Waals surface area contributed by atoms with Crippen LogP contribution >= 0.6 is 0 Å². The number of rotatable bonds is 6. The van der Waals surface area contributed by atoms with Crippen LogP contribution in [-0.4, -0.2) is 42.6 Å². The van der Waals surface area contributed by atoms with E-state index in [1.807, 2.05) is 84.8 Å². The second kappa shape index (κ2) is 9.98. The third-order valence-corrected chi connectivity index (χ3v) is 9.13. The highest BCUT2D eigenvalue weighted by Gasteiger charge is 2.70. The van der Waals surface area contributed by atoms with Crippen LogP contribution in [0.4, 0.5) is 5.69 Å². The average Bonchev–Trinajstić information content (AvgIpc) is 3.52. The number of methoxy groups -OCH3 is 2. The molecule has 1 fully saturated rings. The monoisotopic (exact) mass is 570 g/mol. The van der Waals surface area contributed by atoms with Gasteiger partial charge in [-0.2, -0.15) is 0 Å². The molecule has 1 amide bonds. The van der Waals surface area contributed by atoms with Crippen molar-refractivity contribution in [2.24, 2.45) is 5.92 Å². The highest BCUT2D eigenvalue weighted by Crippen LogP contribution is 2.62. The Morgan fingerprint density at radius 2 is 1.60 bits per heavy atom. The van der Waals surface area contributed by atoms with Gasteiger partial charge in [0.15, 0.2) is 11.6 Å². The molecule has 3 heterocycles. The topological polar surface area (TPSA) is 84.9 Å². The SMILES string of the molecule is COc1ccc(OC)c(C(=O)[C@@H]2[C@H](C(=O)c3ccc(C)cc3)[C@]3(C(=O)Nc4ccccc43)[C@H]3c4ccccc4C=CN23)c1. The van der Waals surface area contributed by atoms with Gasteiger partial charge < -0.3 is 19.7 Å². The van der Waals surface area contributed by atoms with Crippen LogP contribution in [0.5, 0.6) is 11.5 Å². The standard InChI is InChI=1S/C36H30N2O5/c1-21-12-14-23(15-13-21)32(39)30-31(33(40)26-20-24(42-2)16-17-29(26)43-3)38-19-18-22-8-4-5-9-25(22)34(38)36(30)27-10-6-7-11-28(27)37-35(36)41/h4-20,30-31,34H,1-3H3,(H,37,41)/t30-,31+,34-,36+/m1/s1. The normalized spacial score (nSPS) is 22.9. The number of hydrogen-bond acceptors (Lipinski definition) is 6. The Morgan fingerprint density at radius 1 is 0.860 bits per heavy atom. The summed E-state index contributed by atoms with van der Waals surface area (Å²) in [5, 5.41) is 3.08. The van der Waals surface area contributed by atoms with Crippen LogP contribution in [0.25, 0.3) is 6.08 Å². The van der Waals surface area contributed by atoms with E-state index in [9.17, 15) is 14.4 Å². The summed E-state index contributed by atoms with van der Waals surface area (Å²) in [5.41, 5.74) is 3.51. The van der Waals surface area contributed by atoms with Gasteiger partial charge >= 0.3 is 0 Å². The second-order valence-electron chi connectivity index (χ2n) is 11.2. The van der Waals surface area contributed by atoms with Crippen LogP contribution in [0, 0.1) is 12.8 Å². The van der Waals surface area contributed by atoms with Gasteiger partial charge in [0.25, 0.3) is 0 Å². The maximum absolute atomic E-state index is 14.9. The lowest BCUT2D eigenvalue weighted by molar-refractivity contribution is -0.122. The van der Waals surface area contributed by atoms with Crippen molar-refractivity contribution in [2.45, 2.75) is 24.4 Å². The molecule has 0 aromatic heterocycles. The lowest BCUT2D eigenvalue weighted by atomic mass is 9.62. The molecular formula is C36H30N2O5. The fraction of sp³-hybridized carbons (Fsp3) is 0.194. The first-order valence-corrected chi connectivity index (χ1v) is 14.2. The van der Waals surface area contributed by atoms with E-state index in [4.69, 9.17) is 9.47 Å². The van der Waals surface area contributed by atoms with Gasteiger partial charge in [0, 0.05) is 17.5 Å². The maximum atomic E-state index is 14.9. The molecule has 0 unspecified atom stereocenters. The minimum atomic E-state index is -1.40. The number of ketones is 2. The van der Waals surface area contributed by atoms with E-state index in [0.717, 1.165) is 16.7 Å². The summed E-state index contributed by atoms with van der Waals surface area (Å²) >= 11 is 0. The lowest BCUT2D eigenvalue weighted by Crippen LogP contribution is -2.49. The number of fused-ring (bicyclic) bond motifs is 6. The Hall–Kier alpha value is -5.17. The van der Waals surface area contributed by atoms with E-state index in [-0.39, 0.29) is 23.0 Å². The lowest BCUT2D eigenvalue weighted by Gasteiger charge is -2.38. The van der Waals surface area contributed by atoms with Crippen LogP contribution in [0.3, 0.4) is 0 Å². The van der Waals surface area contributed by atoms with Crippen molar-refractivity contribution in [2.75, 3.05) is 19.5 Å². The predicted molar refractivity (Wildman–Crippen MR) is 163 cm³/mol. The number of ether oxygens (including phenoxy) is 2. The molecule has 0 aliphatic carbocycles. The number of aryl methyl sites for hydroxylation is 1. The Bertz CT molecular complexity index is 1830. The Labute approximate surface area is 249 Å². The summed E-state index contributed by atoms with van der Waals surface area (Å²) in [5.74, 6) is -1.12. The fourth-order valence-corrected chi connectivity index (χ4v) is 7.23. The molecule has 1 N–H and O–H groups in total. The van der Waals surface area contributed by atoms with Crippen LogP contribution in [0.1, 0.15) is 49.0 Å². The average molecular weight is 571 g/mol. The molecule has 1 spiro atoms. The number of carbonyl (C=O) groups excluding carboxylic acids is 3. The number of Topliss-reactive ketones (excluding diaryl/α,β-unsaturated/α-hetero) is 2. The zero-order valence-electron chi connectivity index (χ0n) is 24.0. The Kier molecular flexibility index (Phi) is 6.20. The number of para-hydroxylation sites is 1. The third-order valence-electron chi connectivity index (χ3n) is 9.13. The van der Waals surface area contributed by atoms with E-state index in [2.05, 4.69) is 5.32 Å². The van der Waals surface area contributed by atoms with Crippen LogP contribution in [0.15, 0.2) is 97.2 Å². The highest BCUT2D eigenvalue weighted by molar-refractivity contribution is 6.17. The summed E-state index contributed by atoms with van der Waals surface area (Å²) in [7, 11) is 3.04. The zero-order valence-corrected chi connectivity index (χ0v) is 24.0. The predicted octanol–water partition coefficient (Wildman–Crippen LogP) is 5.99. The number of anilines is 1. The van der Waals surface area contributed by atoms with Gasteiger partial charge in [-0.15, -0.1) is 0 Å². The third kappa shape index (κ3) is 3.77. The quantitative estimate of drug-likeness (QED) is 0.287. The number of carbonyl (C=O) groups is 3. The molecule has 1 saturated heterocycles. The first-order chi connectivity index (χ1) is 20.9. The first-order valence-electron chi connectivity index (χ1n) is 14.2. The van der Waals surface area contributed by atoms with Gasteiger partial charge in [-0.25, -0.2) is 0 Å². The first kappa shape index (κ1) is 26.7. The molecule has 4 aromatic carbocycles. The molecule has 43 heavy (non-hydrogen) atoms. The number of benzene rings is 4. The van der Waals surface area contributed by atoms with Crippen molar-refractivity contribution in [3.63, 3.8) is 0 Å². The molecule has 214 valence electrons. The summed E-state index contributed by atoms with van der Waals surface area (Å²) in [6.45, 7) is 1.95. The molecule has 4 atom stereocenters. The molecule has 0 saturated carbocycles. The van der Waals surface area contributed by atoms with Crippen molar-refractivity contribution in [3.8, 4) is 11.5 Å². The number of amides is 1. The summed E-state index contributed by atoms with van der Waals surface area (Å²) in [6.07, 6.45) is 3.81. The van der Waals surface area contributed by atoms with Crippen LogP contribution in [-0.2, 0) is 10.2 Å². The Balaban J connectivity index is 1.54. The second-order valence-corrected chi connectivity index (χ2v) is 11.2. The van der Waals surface area contributed by atoms with Crippen LogP contribution < -0.4 is 14.8 Å². The number of nitrogens with zero attached hydrogens (tertiary/aromatic N) is 1. The fourth-order valence-electron chi connectivity index (χ4n) is 7.23. The minimum Gasteiger partial charge on any atom is -0.497 e. The summed E-state index contributed by atoms with van der Waals surface area (Å²) < 4.78 is 11.1. The molecule has 4 aromatic rings. The van der Waals surface area contributed by atoms with Crippen LogP contribution in [0.2, 0.25) is 0 Å². The molecule has 7 nitrogen and oxygen atoms in total. The van der Waals surface area contributed by atoms with Crippen molar-refractivity contribution >= 4 is 29.2 Å². The smallest absolute Gasteiger partial charge is 0.238 e. The molecule has 7 rings (SSSR count). The van der Waals surface area contributed by atoms with E-state index >= 15 is 0 Å². The van der Waals surface area contributed by atoms with E-state index < -0.39 is 23.4 Å². The zero-order chi connectivity index (χ0) is 29.9. The molecule has 7 heteroatoms. The Morgan fingerprint density at radius 3 is 2.37 bits per heavy atom. The van der Waals surface area contributed by atoms with Gasteiger partial charge in [0.1, 0.15) is 23.0 Å². The molecule has 0 radical (unpaired) electrons. The van der Waals surface area contributed by atoms with Crippen molar-refractivity contribution in [1.29, 1.82) is 0 Å². The van der Waals surface area contributed by atoms with Crippen molar-refractivity contribution in [3.05, 3.63) is 131 Å². The maximum Gasteiger partial charge on any atom is 0.238 e. The van der Waals surface area contributed by atoms with Crippen molar-refractivity contribution < 1.29 is 23.9 Å². The minimum absolute atomic E-state index is 0.271. The molecular weight excluding hydrogens is 540 g/mol. The highest BCUT2D eigenvalue weighted by atomic mass is 16.5. The molecule has 0 bridgehead atoms. The van der Waals surface area contributed by atoms with E-state index in [0.29, 0.717) is 28.3 Å². The van der Waals surface area contributed by atoms with Gasteiger partial charge in [-0.3, -0.25) is 14.4 Å². The number of nitrogens with one attached hydrogen (secondary N) is 1. The van der Waals surface area contributed by atoms with E-state index in [1.54, 1.807) is 30.3 Å². The largest absolute Gasteiger partial charge is 0.497 e. The van der Waals surface area contributed by atoms with Crippen molar-refractivity contribution in [1.82, 2.24) is 4.90 Å². The van der Waals surface area contributed by atoms with Gasteiger partial charge in [-0.1, -0.05) is 72.3 Å². The van der Waals surface area contributed by atoms with Gasteiger partial charge in [0.05, 0.1) is 31.7 Å². The summed E-state index contributed by atoms with van der Waals surface area (Å²) in [6, 6.07) is 26.1. The molecule has 3 aliphatic rings. The van der Waals surface area contributed by atoms with Gasteiger partial charge in [-0.05, 0) is 54.0 Å². The van der Waals surface area contributed by atoms with Gasteiger partial charge in [0.2, 0.25) is 5.91 Å². The molecule has 3 aliphatic heterocycles. The number of hydrogen-bond donors (Lipinski definition) is 1. The van der Waals surface area contributed by atoms with E-state index in [1.165, 1.54) is 14.2 Å². The summed E-state index contributed by atoms with van der Waals surface area (Å²) in [4.78, 5) is 46.3.